The van der Waals surface area contributed by atoms with Crippen LogP contribution < -0.4 is 5.32 Å². The lowest BCUT2D eigenvalue weighted by molar-refractivity contribution is 0.124. The number of imidazole rings is 1. The first kappa shape index (κ1) is 12.4. The summed E-state index contributed by atoms with van der Waals surface area (Å²) in [7, 11) is 0. The van der Waals surface area contributed by atoms with Gasteiger partial charge < -0.3 is 15.0 Å². The molecule has 1 aliphatic rings. The van der Waals surface area contributed by atoms with Crippen molar-refractivity contribution in [2.24, 2.45) is 5.92 Å². The topological polar surface area (TPSA) is 49.9 Å². The number of anilines is 1. The fourth-order valence-corrected chi connectivity index (χ4v) is 1.98. The Bertz CT molecular complexity index is 551. The lowest BCUT2D eigenvalue weighted by Gasteiger charge is -2.03. The van der Waals surface area contributed by atoms with Gasteiger partial charge in [0.2, 0.25) is 5.95 Å². The zero-order valence-electron chi connectivity index (χ0n) is 10.8. The van der Waals surface area contributed by atoms with Crippen LogP contribution in [0.15, 0.2) is 18.2 Å². The molecule has 0 atom stereocenters. The summed E-state index contributed by atoms with van der Waals surface area (Å²) in [5.74, 6) is 1.25. The maximum absolute atomic E-state index is 13.0. The van der Waals surface area contributed by atoms with Crippen LogP contribution in [0.3, 0.4) is 0 Å². The molecule has 0 radical (unpaired) electrons. The third kappa shape index (κ3) is 3.44. The molecule has 0 amide bonds. The van der Waals surface area contributed by atoms with Gasteiger partial charge in [-0.25, -0.2) is 9.37 Å². The van der Waals surface area contributed by atoms with Crippen LogP contribution in [-0.4, -0.2) is 29.7 Å². The lowest BCUT2D eigenvalue weighted by atomic mass is 10.3. The van der Waals surface area contributed by atoms with Crippen molar-refractivity contribution in [3.05, 3.63) is 24.0 Å². The number of H-pyrrole nitrogens is 1. The second-order valence-electron chi connectivity index (χ2n) is 5.05. The second-order valence-corrected chi connectivity index (χ2v) is 5.05. The van der Waals surface area contributed by atoms with E-state index in [9.17, 15) is 4.39 Å². The molecule has 102 valence electrons. The standard InChI is InChI=1S/C14H18FN3O/c15-11-4-5-12-13(8-11)18-14(17-12)16-6-1-7-19-9-10-2-3-10/h4-5,8,10H,1-3,6-7,9H2,(H2,16,17,18). The Balaban J connectivity index is 1.42. The van der Waals surface area contributed by atoms with E-state index in [1.807, 2.05) is 0 Å². The van der Waals surface area contributed by atoms with Crippen molar-refractivity contribution in [2.75, 3.05) is 25.1 Å². The first-order valence-electron chi connectivity index (χ1n) is 6.78. The number of fused-ring (bicyclic) bond motifs is 1. The van der Waals surface area contributed by atoms with E-state index in [4.69, 9.17) is 4.74 Å². The molecular weight excluding hydrogens is 245 g/mol. The molecule has 5 heteroatoms. The summed E-state index contributed by atoms with van der Waals surface area (Å²) in [4.78, 5) is 7.39. The largest absolute Gasteiger partial charge is 0.381 e. The molecule has 2 aromatic rings. The summed E-state index contributed by atoms with van der Waals surface area (Å²) in [5, 5.41) is 3.19. The number of rotatable bonds is 7. The van der Waals surface area contributed by atoms with Crippen molar-refractivity contribution in [2.45, 2.75) is 19.3 Å². The fourth-order valence-electron chi connectivity index (χ4n) is 1.98. The van der Waals surface area contributed by atoms with E-state index < -0.39 is 0 Å². The summed E-state index contributed by atoms with van der Waals surface area (Å²) in [5.41, 5.74) is 1.49. The minimum absolute atomic E-state index is 0.254. The van der Waals surface area contributed by atoms with Gasteiger partial charge in [-0.3, -0.25) is 0 Å². The third-order valence-corrected chi connectivity index (χ3v) is 3.25. The van der Waals surface area contributed by atoms with Gasteiger partial charge in [-0.15, -0.1) is 0 Å². The fraction of sp³-hybridized carbons (Fsp3) is 0.500. The van der Waals surface area contributed by atoms with E-state index in [1.54, 1.807) is 6.07 Å². The molecule has 0 spiro atoms. The van der Waals surface area contributed by atoms with Crippen molar-refractivity contribution in [1.29, 1.82) is 0 Å². The predicted octanol–water partition coefficient (Wildman–Crippen LogP) is 2.93. The van der Waals surface area contributed by atoms with Crippen molar-refractivity contribution >= 4 is 17.0 Å². The quantitative estimate of drug-likeness (QED) is 0.755. The summed E-state index contributed by atoms with van der Waals surface area (Å²) in [6.07, 6.45) is 3.60. The molecule has 0 saturated heterocycles. The van der Waals surface area contributed by atoms with Crippen LogP contribution >= 0.6 is 0 Å². The average Bonchev–Trinajstić information content (AvgIpc) is 3.13. The van der Waals surface area contributed by atoms with Crippen molar-refractivity contribution < 1.29 is 9.13 Å². The molecule has 2 N–H and O–H groups in total. The summed E-state index contributed by atoms with van der Waals surface area (Å²) >= 11 is 0. The van der Waals surface area contributed by atoms with Crippen LogP contribution in [0.5, 0.6) is 0 Å². The number of hydrogen-bond acceptors (Lipinski definition) is 3. The molecule has 1 aromatic carbocycles. The first-order chi connectivity index (χ1) is 9.31. The van der Waals surface area contributed by atoms with Crippen molar-refractivity contribution in [3.63, 3.8) is 0 Å². The summed E-state index contributed by atoms with van der Waals surface area (Å²) < 4.78 is 18.6. The lowest BCUT2D eigenvalue weighted by Crippen LogP contribution is -2.07. The molecule has 1 heterocycles. The van der Waals surface area contributed by atoms with Gasteiger partial charge in [0.05, 0.1) is 11.0 Å². The number of aromatic amines is 1. The maximum atomic E-state index is 13.0. The zero-order valence-corrected chi connectivity index (χ0v) is 10.8. The van der Waals surface area contributed by atoms with Crippen LogP contribution in [-0.2, 0) is 4.74 Å². The first-order valence-corrected chi connectivity index (χ1v) is 6.78. The van der Waals surface area contributed by atoms with Crippen LogP contribution in [0.25, 0.3) is 11.0 Å². The van der Waals surface area contributed by atoms with Crippen LogP contribution in [0.4, 0.5) is 10.3 Å². The molecule has 1 aliphatic carbocycles. The second kappa shape index (κ2) is 5.57. The highest BCUT2D eigenvalue weighted by atomic mass is 19.1. The minimum atomic E-state index is -0.254. The van der Waals surface area contributed by atoms with Crippen LogP contribution in [0, 0.1) is 11.7 Å². The van der Waals surface area contributed by atoms with Crippen LogP contribution in [0.2, 0.25) is 0 Å². The number of halogens is 1. The third-order valence-electron chi connectivity index (χ3n) is 3.25. The number of hydrogen-bond donors (Lipinski definition) is 2. The van der Waals surface area contributed by atoms with Gasteiger partial charge >= 0.3 is 0 Å². The highest BCUT2D eigenvalue weighted by Crippen LogP contribution is 2.28. The molecule has 0 unspecified atom stereocenters. The van der Waals surface area contributed by atoms with Gasteiger partial charge in [-0.05, 0) is 43.4 Å². The monoisotopic (exact) mass is 263 g/mol. The predicted molar refractivity (Wildman–Crippen MR) is 72.7 cm³/mol. The van der Waals surface area contributed by atoms with Crippen molar-refractivity contribution in [1.82, 2.24) is 9.97 Å². The normalized spacial score (nSPS) is 15.0. The van der Waals surface area contributed by atoms with Crippen molar-refractivity contribution in [3.8, 4) is 0 Å². The van der Waals surface area contributed by atoms with Gasteiger partial charge in [0.15, 0.2) is 0 Å². The average molecular weight is 263 g/mol. The molecule has 19 heavy (non-hydrogen) atoms. The summed E-state index contributed by atoms with van der Waals surface area (Å²) in [6.45, 7) is 2.48. The SMILES string of the molecule is Fc1ccc2nc(NCCCOCC3CC3)[nH]c2c1. The van der Waals surface area contributed by atoms with Gasteiger partial charge in [0.25, 0.3) is 0 Å². The van der Waals surface area contributed by atoms with E-state index in [0.29, 0.717) is 11.5 Å². The highest BCUT2D eigenvalue weighted by molar-refractivity contribution is 5.77. The molecule has 4 nitrogen and oxygen atoms in total. The number of ether oxygens (including phenoxy) is 1. The summed E-state index contributed by atoms with van der Waals surface area (Å²) in [6, 6.07) is 4.54. The molecule has 1 saturated carbocycles. The van der Waals surface area contributed by atoms with Crippen LogP contribution in [0.1, 0.15) is 19.3 Å². The molecule has 1 aromatic heterocycles. The van der Waals surface area contributed by atoms with E-state index >= 15 is 0 Å². The molecule has 1 fully saturated rings. The minimum Gasteiger partial charge on any atom is -0.381 e. The number of nitrogens with one attached hydrogen (secondary N) is 2. The van der Waals surface area contributed by atoms with E-state index in [0.717, 1.165) is 37.6 Å². The zero-order chi connectivity index (χ0) is 13.1. The Morgan fingerprint density at radius 1 is 1.42 bits per heavy atom. The van der Waals surface area contributed by atoms with Gasteiger partial charge in [0.1, 0.15) is 5.82 Å². The van der Waals surface area contributed by atoms with E-state index in [2.05, 4.69) is 15.3 Å². The Morgan fingerprint density at radius 2 is 2.32 bits per heavy atom. The Kier molecular flexibility index (Phi) is 3.64. The number of aromatic nitrogens is 2. The highest BCUT2D eigenvalue weighted by Gasteiger charge is 2.20. The van der Waals surface area contributed by atoms with E-state index in [-0.39, 0.29) is 5.82 Å². The van der Waals surface area contributed by atoms with Gasteiger partial charge in [-0.2, -0.15) is 0 Å². The molecule has 0 aliphatic heterocycles. The Labute approximate surface area is 111 Å². The van der Waals surface area contributed by atoms with E-state index in [1.165, 1.54) is 25.0 Å². The number of benzene rings is 1. The number of nitrogens with zero attached hydrogens (tertiary/aromatic N) is 1. The molecule has 3 rings (SSSR count). The molecular formula is C14H18FN3O. The maximum Gasteiger partial charge on any atom is 0.201 e. The Morgan fingerprint density at radius 3 is 3.16 bits per heavy atom. The molecule has 0 bridgehead atoms. The smallest absolute Gasteiger partial charge is 0.201 e. The van der Waals surface area contributed by atoms with Gasteiger partial charge in [0, 0.05) is 19.8 Å². The van der Waals surface area contributed by atoms with Gasteiger partial charge in [-0.1, -0.05) is 0 Å². The Hall–Kier alpha value is -1.62.